The monoisotopic (exact) mass is 335 g/mol. The van der Waals surface area contributed by atoms with Crippen LogP contribution in [0.25, 0.3) is 0 Å². The maximum absolute atomic E-state index is 12.5. The lowest BCUT2D eigenvalue weighted by Crippen LogP contribution is -2.29. The number of hydrogen-bond donors (Lipinski definition) is 2. The number of hydrogen-bond acceptors (Lipinski definition) is 4. The van der Waals surface area contributed by atoms with Gasteiger partial charge in [0, 0.05) is 13.0 Å². The summed E-state index contributed by atoms with van der Waals surface area (Å²) in [5.74, 6) is -0.671. The zero-order chi connectivity index (χ0) is 17.5. The van der Waals surface area contributed by atoms with Crippen molar-refractivity contribution in [3.8, 4) is 5.75 Å². The second-order valence-corrected chi connectivity index (χ2v) is 6.22. The molecule has 1 amide bonds. The molecule has 0 radical (unpaired) electrons. The number of rotatable bonds is 7. The Morgan fingerprint density at radius 3 is 2.46 bits per heavy atom. The molecule has 1 aromatic rings. The fourth-order valence-corrected chi connectivity index (χ4v) is 2.92. The lowest BCUT2D eigenvalue weighted by molar-refractivity contribution is -0.143. The summed E-state index contributed by atoms with van der Waals surface area (Å²) in [5.41, 5.74) is 1.68. The van der Waals surface area contributed by atoms with Gasteiger partial charge in [-0.05, 0) is 50.3 Å². The van der Waals surface area contributed by atoms with Crippen molar-refractivity contribution >= 4 is 17.6 Å². The van der Waals surface area contributed by atoms with Gasteiger partial charge in [-0.15, -0.1) is 0 Å². The topological polar surface area (TPSA) is 84.9 Å². The van der Waals surface area contributed by atoms with E-state index in [0.29, 0.717) is 50.3 Å². The average Bonchev–Trinajstić information content (AvgIpc) is 2.57. The van der Waals surface area contributed by atoms with Gasteiger partial charge in [0.25, 0.3) is 0 Å². The van der Waals surface area contributed by atoms with Crippen molar-refractivity contribution in [3.05, 3.63) is 23.8 Å². The number of carboxylic acid groups (broad SMARTS) is 1. The summed E-state index contributed by atoms with van der Waals surface area (Å²) in [5, 5.41) is 12.0. The molecule has 0 aromatic heterocycles. The van der Waals surface area contributed by atoms with Gasteiger partial charge in [0.2, 0.25) is 5.91 Å². The molecule has 0 aliphatic heterocycles. The molecule has 6 nitrogen and oxygen atoms in total. The van der Waals surface area contributed by atoms with E-state index < -0.39 is 5.97 Å². The van der Waals surface area contributed by atoms with Gasteiger partial charge in [-0.1, -0.05) is 6.07 Å². The Balaban J connectivity index is 1.97. The highest BCUT2D eigenvalue weighted by Gasteiger charge is 2.30. The minimum atomic E-state index is -0.763. The summed E-state index contributed by atoms with van der Waals surface area (Å²) in [6, 6.07) is 5.63. The first-order valence-corrected chi connectivity index (χ1v) is 8.27. The highest BCUT2D eigenvalue weighted by Crippen LogP contribution is 2.31. The molecule has 1 aliphatic rings. The van der Waals surface area contributed by atoms with Crippen LogP contribution in [0.15, 0.2) is 18.2 Å². The molecule has 0 heterocycles. The summed E-state index contributed by atoms with van der Waals surface area (Å²) in [6.45, 7) is 2.84. The fraction of sp³-hybridized carbons (Fsp3) is 0.556. The lowest BCUT2D eigenvalue weighted by atomic mass is 9.81. The normalized spacial score (nSPS) is 20.4. The van der Waals surface area contributed by atoms with E-state index in [1.54, 1.807) is 7.11 Å². The molecule has 0 bridgehead atoms. The first-order valence-electron chi connectivity index (χ1n) is 8.27. The Labute approximate surface area is 142 Å². The van der Waals surface area contributed by atoms with E-state index in [1.165, 1.54) is 0 Å². The van der Waals surface area contributed by atoms with Gasteiger partial charge in [0.05, 0.1) is 18.2 Å². The molecule has 0 saturated heterocycles. The minimum absolute atomic E-state index is 0.0701. The lowest BCUT2D eigenvalue weighted by Gasteiger charge is -2.25. The third kappa shape index (κ3) is 4.96. The number of aryl methyl sites for hydroxylation is 1. The van der Waals surface area contributed by atoms with Crippen LogP contribution in [0.3, 0.4) is 0 Å². The van der Waals surface area contributed by atoms with Crippen LogP contribution in [-0.2, 0) is 14.3 Å². The third-order valence-electron chi connectivity index (χ3n) is 4.39. The van der Waals surface area contributed by atoms with Crippen LogP contribution in [0.4, 0.5) is 5.69 Å². The Morgan fingerprint density at radius 2 is 1.83 bits per heavy atom. The number of carbonyl (C=O) groups is 2. The number of carbonyl (C=O) groups excluding carboxylic acids is 1. The smallest absolute Gasteiger partial charge is 0.306 e. The Morgan fingerprint density at radius 1 is 1.17 bits per heavy atom. The quantitative estimate of drug-likeness (QED) is 0.749. The maximum atomic E-state index is 12.5. The zero-order valence-corrected chi connectivity index (χ0v) is 14.2. The number of anilines is 1. The van der Waals surface area contributed by atoms with Crippen molar-refractivity contribution in [3.63, 3.8) is 0 Å². The van der Waals surface area contributed by atoms with E-state index in [2.05, 4.69) is 5.32 Å². The van der Waals surface area contributed by atoms with E-state index in [9.17, 15) is 9.59 Å². The molecule has 1 aromatic carbocycles. The highest BCUT2D eigenvalue weighted by molar-refractivity contribution is 5.94. The van der Waals surface area contributed by atoms with Crippen LogP contribution in [0, 0.1) is 18.8 Å². The standard InChI is InChI=1S/C18H25NO5/c1-12-3-8-15(16(11-12)24-10-9-23-2)19-17(20)13-4-6-14(7-5-13)18(21)22/h3,8,11,13-14H,4-7,9-10H2,1-2H3,(H,19,20)(H,21,22). The summed E-state index contributed by atoms with van der Waals surface area (Å²) in [6.07, 6.45) is 2.32. The highest BCUT2D eigenvalue weighted by atomic mass is 16.5. The molecule has 0 unspecified atom stereocenters. The largest absolute Gasteiger partial charge is 0.489 e. The van der Waals surface area contributed by atoms with Gasteiger partial charge in [0.1, 0.15) is 12.4 Å². The van der Waals surface area contributed by atoms with Crippen LogP contribution in [0.1, 0.15) is 31.2 Å². The molecule has 2 N–H and O–H groups in total. The van der Waals surface area contributed by atoms with Crippen molar-refractivity contribution in [2.24, 2.45) is 11.8 Å². The van der Waals surface area contributed by atoms with E-state index >= 15 is 0 Å². The molecule has 24 heavy (non-hydrogen) atoms. The second-order valence-electron chi connectivity index (χ2n) is 6.22. The molecular weight excluding hydrogens is 310 g/mol. The number of amides is 1. The van der Waals surface area contributed by atoms with Gasteiger partial charge in [-0.3, -0.25) is 9.59 Å². The molecule has 1 fully saturated rings. The van der Waals surface area contributed by atoms with Crippen LogP contribution in [0.2, 0.25) is 0 Å². The summed E-state index contributed by atoms with van der Waals surface area (Å²) in [4.78, 5) is 23.5. The predicted octanol–water partition coefficient (Wildman–Crippen LogP) is 2.85. The van der Waals surface area contributed by atoms with Gasteiger partial charge in [-0.25, -0.2) is 0 Å². The van der Waals surface area contributed by atoms with Gasteiger partial charge in [0.15, 0.2) is 0 Å². The molecule has 0 spiro atoms. The van der Waals surface area contributed by atoms with Crippen molar-refractivity contribution in [1.29, 1.82) is 0 Å². The maximum Gasteiger partial charge on any atom is 0.306 e. The molecule has 0 atom stereocenters. The van der Waals surface area contributed by atoms with E-state index in [1.807, 2.05) is 25.1 Å². The molecule has 1 aliphatic carbocycles. The third-order valence-corrected chi connectivity index (χ3v) is 4.39. The average molecular weight is 335 g/mol. The Bertz CT molecular complexity index is 579. The zero-order valence-electron chi connectivity index (χ0n) is 14.2. The number of carboxylic acids is 1. The summed E-state index contributed by atoms with van der Waals surface area (Å²) < 4.78 is 10.7. The number of nitrogens with one attached hydrogen (secondary N) is 1. The molecule has 2 rings (SSSR count). The van der Waals surface area contributed by atoms with Gasteiger partial charge >= 0.3 is 5.97 Å². The van der Waals surface area contributed by atoms with E-state index in [0.717, 1.165) is 5.56 Å². The first-order chi connectivity index (χ1) is 11.5. The Hall–Kier alpha value is -2.08. The number of methoxy groups -OCH3 is 1. The summed E-state index contributed by atoms with van der Waals surface area (Å²) in [7, 11) is 1.61. The minimum Gasteiger partial charge on any atom is -0.489 e. The molecule has 1 saturated carbocycles. The number of ether oxygens (including phenoxy) is 2. The molecule has 132 valence electrons. The molecular formula is C18H25NO5. The van der Waals surface area contributed by atoms with E-state index in [4.69, 9.17) is 14.6 Å². The van der Waals surface area contributed by atoms with Crippen molar-refractivity contribution < 1.29 is 24.2 Å². The second kappa shape index (κ2) is 8.68. The predicted molar refractivity (Wildman–Crippen MR) is 90.3 cm³/mol. The van der Waals surface area contributed by atoms with E-state index in [-0.39, 0.29) is 17.7 Å². The van der Waals surface area contributed by atoms with Crippen molar-refractivity contribution in [1.82, 2.24) is 0 Å². The van der Waals surface area contributed by atoms with Gasteiger partial charge < -0.3 is 19.9 Å². The SMILES string of the molecule is COCCOc1cc(C)ccc1NC(=O)C1CCC(C(=O)O)CC1. The first kappa shape index (κ1) is 18.3. The fourth-order valence-electron chi connectivity index (χ4n) is 2.92. The number of benzene rings is 1. The number of aliphatic carboxylic acids is 1. The van der Waals surface area contributed by atoms with Crippen molar-refractivity contribution in [2.45, 2.75) is 32.6 Å². The van der Waals surface area contributed by atoms with Crippen LogP contribution in [0.5, 0.6) is 5.75 Å². The Kier molecular flexibility index (Phi) is 6.61. The van der Waals surface area contributed by atoms with Crippen LogP contribution < -0.4 is 10.1 Å². The van der Waals surface area contributed by atoms with Crippen LogP contribution in [-0.4, -0.2) is 37.3 Å². The summed E-state index contributed by atoms with van der Waals surface area (Å²) >= 11 is 0. The van der Waals surface area contributed by atoms with Crippen LogP contribution >= 0.6 is 0 Å². The molecule has 6 heteroatoms. The van der Waals surface area contributed by atoms with Gasteiger partial charge in [-0.2, -0.15) is 0 Å². The van der Waals surface area contributed by atoms with Crippen molar-refractivity contribution in [2.75, 3.05) is 25.6 Å².